The minimum absolute atomic E-state index is 0.512. The maximum atomic E-state index is 6.04. The van der Waals surface area contributed by atoms with E-state index in [1.165, 1.54) is 5.56 Å². The van der Waals surface area contributed by atoms with Gasteiger partial charge in [0.2, 0.25) is 0 Å². The summed E-state index contributed by atoms with van der Waals surface area (Å²) < 4.78 is 2.10. The van der Waals surface area contributed by atoms with E-state index in [2.05, 4.69) is 79.3 Å². The first kappa shape index (κ1) is 13.9. The van der Waals surface area contributed by atoms with Crippen LogP contribution >= 0.6 is 43.2 Å². The number of hydrogen-bond donors (Lipinski definition) is 2. The fraction of sp³-hybridized carbons (Fsp3) is 0.0714. The Morgan fingerprint density at radius 2 is 1.90 bits per heavy atom. The Bertz CT molecular complexity index is 759. The van der Waals surface area contributed by atoms with Gasteiger partial charge in [-0.15, -0.1) is 11.3 Å². The summed E-state index contributed by atoms with van der Waals surface area (Å²) in [5, 5.41) is 7.20. The number of nitrogens with two attached hydrogens (primary N) is 1. The number of halogens is 2. The van der Waals surface area contributed by atoms with E-state index in [9.17, 15) is 0 Å². The highest BCUT2D eigenvalue weighted by atomic mass is 79.9. The molecule has 0 bridgehead atoms. The molecule has 3 nitrogen and oxygen atoms in total. The van der Waals surface area contributed by atoms with E-state index in [4.69, 9.17) is 5.73 Å². The molecule has 0 amide bonds. The van der Waals surface area contributed by atoms with Crippen molar-refractivity contribution < 1.29 is 0 Å². The van der Waals surface area contributed by atoms with Crippen LogP contribution in [0.3, 0.4) is 0 Å². The van der Waals surface area contributed by atoms with Crippen molar-refractivity contribution in [1.82, 2.24) is 10.2 Å². The number of rotatable bonds is 2. The van der Waals surface area contributed by atoms with Crippen molar-refractivity contribution in [1.29, 1.82) is 0 Å². The third-order valence-electron chi connectivity index (χ3n) is 3.06. The lowest BCUT2D eigenvalue weighted by atomic mass is 10.0. The molecule has 2 aromatic heterocycles. The number of H-pyrrole nitrogens is 1. The molecule has 20 heavy (non-hydrogen) atoms. The molecule has 3 N–H and O–H groups in total. The summed E-state index contributed by atoms with van der Waals surface area (Å²) in [4.78, 5) is 0. The van der Waals surface area contributed by atoms with Crippen LogP contribution in [0.25, 0.3) is 22.4 Å². The zero-order valence-electron chi connectivity index (χ0n) is 10.6. The van der Waals surface area contributed by atoms with Crippen LogP contribution in [0.2, 0.25) is 0 Å². The summed E-state index contributed by atoms with van der Waals surface area (Å²) >= 11 is 8.71. The van der Waals surface area contributed by atoms with Crippen LogP contribution in [0, 0.1) is 6.92 Å². The summed E-state index contributed by atoms with van der Waals surface area (Å²) in [6.45, 7) is 2.07. The summed E-state index contributed by atoms with van der Waals surface area (Å²) in [5.41, 5.74) is 11.2. The van der Waals surface area contributed by atoms with E-state index in [-0.39, 0.29) is 0 Å². The van der Waals surface area contributed by atoms with Crippen LogP contribution in [0.15, 0.2) is 37.9 Å². The normalized spacial score (nSPS) is 10.9. The molecule has 3 aromatic rings. The van der Waals surface area contributed by atoms with Crippen molar-refractivity contribution in [2.45, 2.75) is 6.92 Å². The molecule has 0 unspecified atom stereocenters. The number of nitrogens with zero attached hydrogens (tertiary/aromatic N) is 1. The summed E-state index contributed by atoms with van der Waals surface area (Å²) in [6.07, 6.45) is 0. The molecule has 6 heteroatoms. The Morgan fingerprint density at radius 1 is 1.20 bits per heavy atom. The molecular formula is C14H11Br2N3S. The molecular weight excluding hydrogens is 402 g/mol. The maximum Gasteiger partial charge on any atom is 0.153 e. The van der Waals surface area contributed by atoms with Gasteiger partial charge in [0.1, 0.15) is 0 Å². The predicted octanol–water partition coefficient (Wildman–Crippen LogP) is 5.22. The second-order valence-electron chi connectivity index (χ2n) is 4.46. The van der Waals surface area contributed by atoms with Crippen molar-refractivity contribution in [2.75, 3.05) is 5.73 Å². The van der Waals surface area contributed by atoms with E-state index in [1.54, 1.807) is 11.3 Å². The van der Waals surface area contributed by atoms with Crippen molar-refractivity contribution in [3.05, 3.63) is 43.5 Å². The van der Waals surface area contributed by atoms with E-state index in [1.807, 2.05) is 0 Å². The van der Waals surface area contributed by atoms with Gasteiger partial charge in [-0.25, -0.2) is 0 Å². The fourth-order valence-electron chi connectivity index (χ4n) is 2.07. The number of nitrogens with one attached hydrogen (secondary N) is 1. The first-order valence-corrected chi connectivity index (χ1v) is 8.32. The average Bonchev–Trinajstić information content (AvgIpc) is 2.93. The van der Waals surface area contributed by atoms with E-state index >= 15 is 0 Å². The maximum absolute atomic E-state index is 6.04. The first-order chi connectivity index (χ1) is 9.56. The summed E-state index contributed by atoms with van der Waals surface area (Å²) in [5.74, 6) is 0.512. The number of hydrogen-bond acceptors (Lipinski definition) is 3. The molecule has 0 saturated carbocycles. The fourth-order valence-corrected chi connectivity index (χ4v) is 4.90. The van der Waals surface area contributed by atoms with Crippen molar-refractivity contribution in [3.8, 4) is 22.4 Å². The Labute approximate surface area is 137 Å². The molecule has 0 spiro atoms. The molecule has 3 rings (SSSR count). The van der Waals surface area contributed by atoms with Gasteiger partial charge in [-0.05, 0) is 50.4 Å². The highest BCUT2D eigenvalue weighted by Crippen LogP contribution is 2.43. The Balaban J connectivity index is 2.19. The molecule has 102 valence electrons. The zero-order chi connectivity index (χ0) is 14.3. The standard InChI is InChI=1S/C14H11Br2N3S/c1-7-2-4-8(5-3-7)11-12(18-19-14(11)17)9-6-10(15)20-13(9)16/h2-6H,1H3,(H3,17,18,19). The lowest BCUT2D eigenvalue weighted by Crippen LogP contribution is -1.88. The third kappa shape index (κ3) is 2.43. The van der Waals surface area contributed by atoms with Crippen molar-refractivity contribution in [2.24, 2.45) is 0 Å². The predicted molar refractivity (Wildman–Crippen MR) is 91.9 cm³/mol. The Kier molecular flexibility index (Phi) is 3.70. The second-order valence-corrected chi connectivity index (χ2v) is 8.21. The van der Waals surface area contributed by atoms with E-state index in [0.29, 0.717) is 5.82 Å². The molecule has 0 radical (unpaired) electrons. The minimum atomic E-state index is 0.512. The van der Waals surface area contributed by atoms with Crippen LogP contribution in [0.4, 0.5) is 5.82 Å². The van der Waals surface area contributed by atoms with Gasteiger partial charge in [-0.3, -0.25) is 5.10 Å². The molecule has 0 fully saturated rings. The highest BCUT2D eigenvalue weighted by Gasteiger charge is 2.18. The molecule has 0 atom stereocenters. The number of nitrogen functional groups attached to an aromatic ring is 1. The largest absolute Gasteiger partial charge is 0.382 e. The van der Waals surface area contributed by atoms with Gasteiger partial charge < -0.3 is 5.73 Å². The highest BCUT2D eigenvalue weighted by molar-refractivity contribution is 9.12. The van der Waals surface area contributed by atoms with Crippen LogP contribution in [-0.4, -0.2) is 10.2 Å². The lowest BCUT2D eigenvalue weighted by Gasteiger charge is -2.04. The van der Waals surface area contributed by atoms with E-state index < -0.39 is 0 Å². The first-order valence-electron chi connectivity index (χ1n) is 5.92. The third-order valence-corrected chi connectivity index (χ3v) is 5.40. The van der Waals surface area contributed by atoms with Crippen LogP contribution < -0.4 is 5.73 Å². The molecule has 0 aliphatic rings. The Morgan fingerprint density at radius 3 is 2.50 bits per heavy atom. The number of thiophene rings is 1. The zero-order valence-corrected chi connectivity index (χ0v) is 14.6. The van der Waals surface area contributed by atoms with Gasteiger partial charge in [0, 0.05) is 5.56 Å². The SMILES string of the molecule is Cc1ccc(-c2c(N)n[nH]c2-c2cc(Br)sc2Br)cc1. The van der Waals surface area contributed by atoms with Crippen LogP contribution in [0.5, 0.6) is 0 Å². The number of aromatic amines is 1. The molecule has 0 saturated heterocycles. The van der Waals surface area contributed by atoms with Gasteiger partial charge in [0.05, 0.1) is 18.8 Å². The van der Waals surface area contributed by atoms with Gasteiger partial charge in [-0.1, -0.05) is 29.8 Å². The van der Waals surface area contributed by atoms with Gasteiger partial charge in [0.15, 0.2) is 5.82 Å². The number of benzene rings is 1. The van der Waals surface area contributed by atoms with Gasteiger partial charge in [0.25, 0.3) is 0 Å². The number of aryl methyl sites for hydroxylation is 1. The van der Waals surface area contributed by atoms with Crippen molar-refractivity contribution >= 4 is 49.0 Å². The minimum Gasteiger partial charge on any atom is -0.382 e. The molecule has 1 aromatic carbocycles. The molecule has 0 aliphatic carbocycles. The summed E-state index contributed by atoms with van der Waals surface area (Å²) in [7, 11) is 0. The summed E-state index contributed by atoms with van der Waals surface area (Å²) in [6, 6.07) is 10.3. The lowest BCUT2D eigenvalue weighted by molar-refractivity contribution is 1.10. The van der Waals surface area contributed by atoms with Crippen LogP contribution in [0.1, 0.15) is 5.56 Å². The molecule has 0 aliphatic heterocycles. The van der Waals surface area contributed by atoms with Crippen molar-refractivity contribution in [3.63, 3.8) is 0 Å². The second kappa shape index (κ2) is 5.35. The van der Waals surface area contributed by atoms with Gasteiger partial charge >= 0.3 is 0 Å². The van der Waals surface area contributed by atoms with Gasteiger partial charge in [-0.2, -0.15) is 5.10 Å². The average molecular weight is 413 g/mol. The molecule has 2 heterocycles. The number of anilines is 1. The topological polar surface area (TPSA) is 54.7 Å². The Hall–Kier alpha value is -1.11. The van der Waals surface area contributed by atoms with Crippen LogP contribution in [-0.2, 0) is 0 Å². The van der Waals surface area contributed by atoms with E-state index in [0.717, 1.165) is 30.0 Å². The number of aromatic nitrogens is 2. The smallest absolute Gasteiger partial charge is 0.153 e. The quantitative estimate of drug-likeness (QED) is 0.606. The monoisotopic (exact) mass is 411 g/mol.